The van der Waals surface area contributed by atoms with Gasteiger partial charge >= 0.3 is 0 Å². The summed E-state index contributed by atoms with van der Waals surface area (Å²) in [4.78, 5) is 12.6. The van der Waals surface area contributed by atoms with Crippen LogP contribution in [-0.4, -0.2) is 24.6 Å². The summed E-state index contributed by atoms with van der Waals surface area (Å²) >= 11 is 0. The number of ether oxygens (including phenoxy) is 3. The first-order valence-electron chi connectivity index (χ1n) is 10.9. The summed E-state index contributed by atoms with van der Waals surface area (Å²) in [6, 6.07) is 11.1. The lowest BCUT2D eigenvalue weighted by Gasteiger charge is -2.20. The molecule has 0 aliphatic rings. The van der Waals surface area contributed by atoms with Gasteiger partial charge in [-0.3, -0.25) is 4.79 Å². The molecule has 0 saturated carbocycles. The quantitative estimate of drug-likeness (QED) is 0.218. The van der Waals surface area contributed by atoms with Gasteiger partial charge in [0.2, 0.25) is 0 Å². The zero-order valence-corrected chi connectivity index (χ0v) is 19.3. The Morgan fingerprint density at radius 2 is 1.58 bits per heavy atom. The molecule has 166 valence electrons. The summed E-state index contributed by atoms with van der Waals surface area (Å²) in [6.07, 6.45) is 7.02. The van der Waals surface area contributed by atoms with E-state index in [9.17, 15) is 4.79 Å². The highest BCUT2D eigenvalue weighted by molar-refractivity contribution is 6.06. The Morgan fingerprint density at radius 1 is 1.00 bits per heavy atom. The number of allylic oxidation sites excluding steroid dienone is 1. The topological polar surface area (TPSA) is 44.8 Å². The third kappa shape index (κ3) is 7.63. The number of hydrogen-bond donors (Lipinski definition) is 0. The average molecular weight is 423 g/mol. The highest BCUT2D eigenvalue weighted by atomic mass is 16.5. The van der Waals surface area contributed by atoms with Crippen LogP contribution in [0.4, 0.5) is 0 Å². The normalized spacial score (nSPS) is 11.2. The van der Waals surface area contributed by atoms with Crippen LogP contribution < -0.4 is 14.2 Å². The third-order valence-electron chi connectivity index (χ3n) is 4.35. The van der Waals surface area contributed by atoms with Gasteiger partial charge in [0, 0.05) is 11.1 Å². The number of ketones is 1. The molecule has 31 heavy (non-hydrogen) atoms. The van der Waals surface area contributed by atoms with Gasteiger partial charge in [0.05, 0.1) is 12.2 Å². The Morgan fingerprint density at radius 3 is 2.06 bits per heavy atom. The number of hydrogen-bond acceptors (Lipinski definition) is 4. The fourth-order valence-corrected chi connectivity index (χ4v) is 3.09. The standard InChI is InChI=1S/C27H34O4/c1-7-9-24-26(30-19(3)4)17-21(18-27(24)31-20(5)6)10-15-25(28)22-11-13-23(14-12-22)29-16-8-2/h8,10-15,17-20H,2,7,9,16H2,1,3-6H3. The zero-order chi connectivity index (χ0) is 22.8. The van der Waals surface area contributed by atoms with Gasteiger partial charge in [0.25, 0.3) is 0 Å². The Kier molecular flexibility index (Phi) is 9.39. The van der Waals surface area contributed by atoms with E-state index >= 15 is 0 Å². The maximum absolute atomic E-state index is 12.6. The Bertz CT molecular complexity index is 861. The van der Waals surface area contributed by atoms with E-state index in [4.69, 9.17) is 14.2 Å². The molecule has 4 nitrogen and oxygen atoms in total. The van der Waals surface area contributed by atoms with Crippen molar-refractivity contribution in [2.24, 2.45) is 0 Å². The lowest BCUT2D eigenvalue weighted by atomic mass is 10.0. The van der Waals surface area contributed by atoms with Gasteiger partial charge in [-0.05, 0) is 82.2 Å². The van der Waals surface area contributed by atoms with Gasteiger partial charge < -0.3 is 14.2 Å². The molecule has 2 aromatic carbocycles. The maximum atomic E-state index is 12.6. The average Bonchev–Trinajstić information content (AvgIpc) is 2.72. The van der Waals surface area contributed by atoms with Crippen LogP contribution in [-0.2, 0) is 6.42 Å². The van der Waals surface area contributed by atoms with Gasteiger partial charge in [-0.2, -0.15) is 0 Å². The van der Waals surface area contributed by atoms with E-state index in [0.717, 1.165) is 35.5 Å². The fraction of sp³-hybridized carbons (Fsp3) is 0.370. The molecule has 0 N–H and O–H groups in total. The van der Waals surface area contributed by atoms with Gasteiger partial charge in [0.1, 0.15) is 23.9 Å². The highest BCUT2D eigenvalue weighted by Crippen LogP contribution is 2.34. The second-order valence-electron chi connectivity index (χ2n) is 7.90. The number of rotatable bonds is 12. The highest BCUT2D eigenvalue weighted by Gasteiger charge is 2.15. The zero-order valence-electron chi connectivity index (χ0n) is 19.3. The second-order valence-corrected chi connectivity index (χ2v) is 7.90. The minimum atomic E-state index is -0.0782. The van der Waals surface area contributed by atoms with E-state index in [1.165, 1.54) is 0 Å². The molecule has 0 unspecified atom stereocenters. The molecule has 0 saturated heterocycles. The second kappa shape index (κ2) is 12.0. The Labute approximate surface area is 186 Å². The van der Waals surface area contributed by atoms with Crippen molar-refractivity contribution in [3.05, 3.63) is 71.8 Å². The third-order valence-corrected chi connectivity index (χ3v) is 4.35. The van der Waals surface area contributed by atoms with E-state index in [0.29, 0.717) is 17.9 Å². The molecule has 0 fully saturated rings. The van der Waals surface area contributed by atoms with Gasteiger partial charge in [0.15, 0.2) is 5.78 Å². The van der Waals surface area contributed by atoms with Crippen LogP contribution in [0.3, 0.4) is 0 Å². The first-order valence-corrected chi connectivity index (χ1v) is 10.9. The lowest BCUT2D eigenvalue weighted by molar-refractivity contribution is 0.104. The Balaban J connectivity index is 2.30. The largest absolute Gasteiger partial charge is 0.491 e. The van der Waals surface area contributed by atoms with Crippen molar-refractivity contribution in [3.63, 3.8) is 0 Å². The van der Waals surface area contributed by atoms with Crippen LogP contribution in [0.2, 0.25) is 0 Å². The minimum Gasteiger partial charge on any atom is -0.491 e. The number of carbonyl (C=O) groups is 1. The van der Waals surface area contributed by atoms with Crippen molar-refractivity contribution in [1.82, 2.24) is 0 Å². The predicted octanol–water partition coefficient (Wildman–Crippen LogP) is 6.67. The monoisotopic (exact) mass is 422 g/mol. The maximum Gasteiger partial charge on any atom is 0.185 e. The molecule has 2 aromatic rings. The van der Waals surface area contributed by atoms with Gasteiger partial charge in [-0.15, -0.1) is 0 Å². The van der Waals surface area contributed by atoms with E-state index in [2.05, 4.69) is 13.5 Å². The van der Waals surface area contributed by atoms with Crippen LogP contribution >= 0.6 is 0 Å². The van der Waals surface area contributed by atoms with Crippen molar-refractivity contribution in [2.75, 3.05) is 6.61 Å². The van der Waals surface area contributed by atoms with Crippen molar-refractivity contribution in [3.8, 4) is 17.2 Å². The van der Waals surface area contributed by atoms with Crippen molar-refractivity contribution >= 4 is 11.9 Å². The van der Waals surface area contributed by atoms with Crippen molar-refractivity contribution in [2.45, 2.75) is 59.7 Å². The van der Waals surface area contributed by atoms with Crippen LogP contribution in [0.15, 0.2) is 55.1 Å². The van der Waals surface area contributed by atoms with E-state index in [-0.39, 0.29) is 18.0 Å². The Hall–Kier alpha value is -3.01. The molecular weight excluding hydrogens is 388 g/mol. The summed E-state index contributed by atoms with van der Waals surface area (Å²) in [7, 11) is 0. The lowest BCUT2D eigenvalue weighted by Crippen LogP contribution is -2.12. The molecule has 0 bridgehead atoms. The summed E-state index contributed by atoms with van der Waals surface area (Å²) in [6.45, 7) is 14.2. The minimum absolute atomic E-state index is 0.0465. The molecular formula is C27H34O4. The smallest absolute Gasteiger partial charge is 0.185 e. The van der Waals surface area contributed by atoms with Gasteiger partial charge in [-0.25, -0.2) is 0 Å². The predicted molar refractivity (Wildman–Crippen MR) is 127 cm³/mol. The summed E-state index contributed by atoms with van der Waals surface area (Å²) < 4.78 is 17.6. The number of carbonyl (C=O) groups excluding carboxylic acids is 1. The summed E-state index contributed by atoms with van der Waals surface area (Å²) in [5, 5.41) is 0. The first kappa shape index (κ1) is 24.3. The van der Waals surface area contributed by atoms with E-state index in [1.54, 1.807) is 42.5 Å². The van der Waals surface area contributed by atoms with E-state index < -0.39 is 0 Å². The van der Waals surface area contributed by atoms with E-state index in [1.807, 2.05) is 39.8 Å². The van der Waals surface area contributed by atoms with Crippen molar-refractivity contribution < 1.29 is 19.0 Å². The van der Waals surface area contributed by atoms with Crippen LogP contribution in [0.25, 0.3) is 6.08 Å². The molecule has 2 rings (SSSR count). The van der Waals surface area contributed by atoms with Crippen LogP contribution in [0.5, 0.6) is 17.2 Å². The number of benzene rings is 2. The first-order chi connectivity index (χ1) is 14.8. The molecule has 0 atom stereocenters. The molecule has 4 heteroatoms. The molecule has 0 heterocycles. The van der Waals surface area contributed by atoms with Crippen LogP contribution in [0.1, 0.15) is 62.5 Å². The summed E-state index contributed by atoms with van der Waals surface area (Å²) in [5.74, 6) is 2.25. The fourth-order valence-electron chi connectivity index (χ4n) is 3.09. The SMILES string of the molecule is C=CCOc1ccc(C(=O)C=Cc2cc(OC(C)C)c(CCC)c(OC(C)C)c2)cc1. The molecule has 0 aliphatic heterocycles. The summed E-state index contributed by atoms with van der Waals surface area (Å²) in [5.41, 5.74) is 2.54. The molecule has 0 aliphatic carbocycles. The van der Waals surface area contributed by atoms with Gasteiger partial charge in [-0.1, -0.05) is 32.1 Å². The van der Waals surface area contributed by atoms with Crippen LogP contribution in [0, 0.1) is 0 Å². The molecule has 0 radical (unpaired) electrons. The molecule has 0 aromatic heterocycles. The molecule has 0 amide bonds. The van der Waals surface area contributed by atoms with Crippen molar-refractivity contribution in [1.29, 1.82) is 0 Å². The molecule has 0 spiro atoms.